The quantitative estimate of drug-likeness (QED) is 0.559. The van der Waals surface area contributed by atoms with Crippen LogP contribution in [0.5, 0.6) is 0 Å². The first-order chi connectivity index (χ1) is 14.7. The standard InChI is InChI=1S/C26H27FN4/c1-26(2,3)19-10-6-17(7-11-19)24-28-22-15-12-20(27)16-23(22)29-25(30-24)18-8-13-21(14-9-18)31(4)5/h6-16H,1-5H3,(H,28,29,30). The van der Waals surface area contributed by atoms with Crippen molar-refractivity contribution in [3.8, 4) is 0 Å². The van der Waals surface area contributed by atoms with Crippen molar-refractivity contribution >= 4 is 28.7 Å². The number of hydrogen-bond acceptors (Lipinski definition) is 4. The van der Waals surface area contributed by atoms with Crippen LogP contribution in [-0.4, -0.2) is 25.8 Å². The van der Waals surface area contributed by atoms with Crippen LogP contribution < -0.4 is 10.2 Å². The Hall–Kier alpha value is -3.47. The van der Waals surface area contributed by atoms with Gasteiger partial charge in [0, 0.05) is 30.9 Å². The molecule has 1 heterocycles. The lowest BCUT2D eigenvalue weighted by Gasteiger charge is -2.19. The molecule has 158 valence electrons. The number of nitrogens with one attached hydrogen (secondary N) is 1. The lowest BCUT2D eigenvalue weighted by Crippen LogP contribution is -2.16. The van der Waals surface area contributed by atoms with E-state index in [0.29, 0.717) is 23.0 Å². The molecule has 0 amide bonds. The van der Waals surface area contributed by atoms with E-state index in [4.69, 9.17) is 9.98 Å². The van der Waals surface area contributed by atoms with Crippen molar-refractivity contribution in [3.63, 3.8) is 0 Å². The number of rotatable bonds is 3. The van der Waals surface area contributed by atoms with Crippen LogP contribution in [0.2, 0.25) is 0 Å². The molecule has 0 aromatic heterocycles. The second-order valence-electron chi connectivity index (χ2n) is 8.95. The first-order valence-electron chi connectivity index (χ1n) is 10.3. The Kier molecular flexibility index (Phi) is 5.36. The van der Waals surface area contributed by atoms with E-state index in [1.54, 1.807) is 6.07 Å². The normalized spacial score (nSPS) is 13.5. The highest BCUT2D eigenvalue weighted by Gasteiger charge is 2.18. The van der Waals surface area contributed by atoms with Crippen molar-refractivity contribution in [1.29, 1.82) is 0 Å². The summed E-state index contributed by atoms with van der Waals surface area (Å²) >= 11 is 0. The van der Waals surface area contributed by atoms with Crippen molar-refractivity contribution in [3.05, 3.63) is 89.2 Å². The molecule has 0 radical (unpaired) electrons. The van der Waals surface area contributed by atoms with Gasteiger partial charge in [-0.2, -0.15) is 0 Å². The molecular weight excluding hydrogens is 387 g/mol. The van der Waals surface area contributed by atoms with Crippen molar-refractivity contribution in [2.45, 2.75) is 26.2 Å². The van der Waals surface area contributed by atoms with Crippen molar-refractivity contribution in [2.75, 3.05) is 24.3 Å². The molecule has 0 spiro atoms. The third-order valence-electron chi connectivity index (χ3n) is 5.32. The van der Waals surface area contributed by atoms with Gasteiger partial charge in [0.05, 0.1) is 11.4 Å². The molecule has 1 N–H and O–H groups in total. The van der Waals surface area contributed by atoms with E-state index in [1.807, 2.05) is 55.4 Å². The van der Waals surface area contributed by atoms with Crippen LogP contribution in [0.3, 0.4) is 0 Å². The number of amidine groups is 2. The Morgan fingerprint density at radius 1 is 0.806 bits per heavy atom. The Morgan fingerprint density at radius 3 is 2.06 bits per heavy atom. The second kappa shape index (κ2) is 7.99. The molecule has 1 aliphatic heterocycles. The number of nitrogens with zero attached hydrogens (tertiary/aromatic N) is 3. The van der Waals surface area contributed by atoms with E-state index in [1.165, 1.54) is 17.7 Å². The van der Waals surface area contributed by atoms with Gasteiger partial charge in [0.1, 0.15) is 11.7 Å². The molecule has 31 heavy (non-hydrogen) atoms. The molecule has 0 bridgehead atoms. The van der Waals surface area contributed by atoms with Gasteiger partial charge >= 0.3 is 0 Å². The zero-order valence-electron chi connectivity index (χ0n) is 18.6. The van der Waals surface area contributed by atoms with Crippen LogP contribution in [0.4, 0.5) is 21.5 Å². The van der Waals surface area contributed by atoms with Gasteiger partial charge in [0.25, 0.3) is 0 Å². The third-order valence-corrected chi connectivity index (χ3v) is 5.32. The van der Waals surface area contributed by atoms with Crippen molar-refractivity contribution < 1.29 is 4.39 Å². The molecule has 4 rings (SSSR count). The van der Waals surface area contributed by atoms with Crippen LogP contribution in [0, 0.1) is 5.82 Å². The van der Waals surface area contributed by atoms with Gasteiger partial charge in [-0.05, 0) is 53.4 Å². The summed E-state index contributed by atoms with van der Waals surface area (Å²) in [5, 5.41) is 3.28. The maximum atomic E-state index is 13.9. The van der Waals surface area contributed by atoms with Crippen LogP contribution in [-0.2, 0) is 5.41 Å². The zero-order valence-corrected chi connectivity index (χ0v) is 18.6. The predicted octanol–water partition coefficient (Wildman–Crippen LogP) is 6.14. The van der Waals surface area contributed by atoms with E-state index in [2.05, 4.69) is 38.2 Å². The van der Waals surface area contributed by atoms with Gasteiger partial charge in [-0.25, -0.2) is 14.4 Å². The first-order valence-corrected chi connectivity index (χ1v) is 10.3. The monoisotopic (exact) mass is 414 g/mol. The van der Waals surface area contributed by atoms with Crippen molar-refractivity contribution in [1.82, 2.24) is 0 Å². The highest BCUT2D eigenvalue weighted by molar-refractivity contribution is 6.19. The molecule has 5 heteroatoms. The van der Waals surface area contributed by atoms with Gasteiger partial charge in [-0.15, -0.1) is 0 Å². The highest BCUT2D eigenvalue weighted by atomic mass is 19.1. The topological polar surface area (TPSA) is 40.0 Å². The Labute approximate surface area is 183 Å². The highest BCUT2D eigenvalue weighted by Crippen LogP contribution is 2.30. The summed E-state index contributed by atoms with van der Waals surface area (Å²) in [6.45, 7) is 6.56. The number of aliphatic imine (C=N–C) groups is 2. The third kappa shape index (κ3) is 4.50. The number of benzene rings is 3. The number of anilines is 2. The van der Waals surface area contributed by atoms with E-state index < -0.39 is 0 Å². The van der Waals surface area contributed by atoms with Crippen LogP contribution in [0.15, 0.2) is 76.7 Å². The average Bonchev–Trinajstić information content (AvgIpc) is 2.92. The fourth-order valence-corrected chi connectivity index (χ4v) is 3.41. The lowest BCUT2D eigenvalue weighted by molar-refractivity contribution is 0.590. The summed E-state index contributed by atoms with van der Waals surface area (Å²) in [4.78, 5) is 11.6. The molecule has 1 aliphatic rings. The van der Waals surface area contributed by atoms with Gasteiger partial charge < -0.3 is 10.2 Å². The Balaban J connectivity index is 1.80. The molecule has 0 aliphatic carbocycles. The van der Waals surface area contributed by atoms with Crippen LogP contribution in [0.1, 0.15) is 37.5 Å². The minimum Gasteiger partial charge on any atom is -0.378 e. The van der Waals surface area contributed by atoms with Gasteiger partial charge in [0.2, 0.25) is 0 Å². The minimum atomic E-state index is -0.318. The maximum absolute atomic E-state index is 13.9. The molecule has 3 aromatic carbocycles. The van der Waals surface area contributed by atoms with E-state index >= 15 is 0 Å². The second-order valence-corrected chi connectivity index (χ2v) is 8.95. The number of fused-ring (bicyclic) bond motifs is 1. The van der Waals surface area contributed by atoms with Crippen LogP contribution >= 0.6 is 0 Å². The SMILES string of the molecule is CN(C)c1ccc(C2=NC(c3ccc(C(C)(C)C)cc3)=Nc3ccc(F)cc3N2)cc1. The zero-order chi connectivity index (χ0) is 22.2. The molecule has 0 saturated carbocycles. The lowest BCUT2D eigenvalue weighted by atomic mass is 9.86. The van der Waals surface area contributed by atoms with Crippen molar-refractivity contribution in [2.24, 2.45) is 9.98 Å². The molecular formula is C26H27FN4. The van der Waals surface area contributed by atoms with E-state index in [9.17, 15) is 4.39 Å². The molecule has 0 unspecified atom stereocenters. The first kappa shape index (κ1) is 20.8. The summed E-state index contributed by atoms with van der Waals surface area (Å²) < 4.78 is 13.9. The molecule has 0 saturated heterocycles. The fourth-order valence-electron chi connectivity index (χ4n) is 3.41. The van der Waals surface area contributed by atoms with E-state index in [0.717, 1.165) is 16.8 Å². The van der Waals surface area contributed by atoms with Gasteiger partial charge in [0.15, 0.2) is 5.84 Å². The summed E-state index contributed by atoms with van der Waals surface area (Å²) in [5.41, 5.74) is 5.47. The summed E-state index contributed by atoms with van der Waals surface area (Å²) in [6.07, 6.45) is 0. The average molecular weight is 415 g/mol. The molecule has 4 nitrogen and oxygen atoms in total. The Morgan fingerprint density at radius 2 is 1.45 bits per heavy atom. The van der Waals surface area contributed by atoms with Gasteiger partial charge in [-0.1, -0.05) is 45.0 Å². The summed E-state index contributed by atoms with van der Waals surface area (Å²) in [7, 11) is 4.00. The molecule has 0 fully saturated rings. The number of halogens is 1. The molecule has 0 atom stereocenters. The molecule has 3 aromatic rings. The maximum Gasteiger partial charge on any atom is 0.162 e. The fraction of sp³-hybridized carbons (Fsp3) is 0.231. The largest absolute Gasteiger partial charge is 0.378 e. The predicted molar refractivity (Wildman–Crippen MR) is 129 cm³/mol. The number of hydrogen-bond donors (Lipinski definition) is 1. The van der Waals surface area contributed by atoms with E-state index in [-0.39, 0.29) is 11.2 Å². The smallest absolute Gasteiger partial charge is 0.162 e. The summed E-state index contributed by atoms with van der Waals surface area (Å²) in [6, 6.07) is 20.9. The Bertz CT molecular complexity index is 1150. The van der Waals surface area contributed by atoms with Crippen LogP contribution in [0.25, 0.3) is 0 Å². The van der Waals surface area contributed by atoms with Gasteiger partial charge in [-0.3, -0.25) is 0 Å². The minimum absolute atomic E-state index is 0.0675. The summed E-state index contributed by atoms with van der Waals surface area (Å²) in [5.74, 6) is 0.903.